The van der Waals surface area contributed by atoms with Crippen LogP contribution in [0.4, 0.5) is 13.2 Å². The van der Waals surface area contributed by atoms with E-state index in [-0.39, 0.29) is 30.5 Å². The quantitative estimate of drug-likeness (QED) is 0.721. The maximum Gasteiger partial charge on any atom is 0.416 e. The first-order chi connectivity index (χ1) is 14.3. The van der Waals surface area contributed by atoms with Crippen LogP contribution in [0.15, 0.2) is 47.0 Å². The van der Waals surface area contributed by atoms with Gasteiger partial charge in [0.2, 0.25) is 0 Å². The van der Waals surface area contributed by atoms with Gasteiger partial charge in [0.1, 0.15) is 23.3 Å². The number of ether oxygens (including phenoxy) is 3. The minimum atomic E-state index is -4.52. The number of hydrogen-bond acceptors (Lipinski definition) is 6. The number of methoxy groups -OCH3 is 2. The lowest BCUT2D eigenvalue weighted by atomic mass is 9.89. The van der Waals surface area contributed by atoms with E-state index in [9.17, 15) is 13.2 Å². The normalized spacial score (nSPS) is 17.7. The first kappa shape index (κ1) is 22.6. The highest BCUT2D eigenvalue weighted by Gasteiger charge is 2.38. The van der Waals surface area contributed by atoms with Gasteiger partial charge in [-0.2, -0.15) is 13.2 Å². The summed E-state index contributed by atoms with van der Waals surface area (Å²) in [6.07, 6.45) is -4.16. The van der Waals surface area contributed by atoms with E-state index in [1.807, 2.05) is 0 Å². The Morgan fingerprint density at radius 1 is 1.16 bits per heavy atom. The summed E-state index contributed by atoms with van der Waals surface area (Å²) in [4.78, 5) is 4.32. The molecule has 0 spiro atoms. The van der Waals surface area contributed by atoms with Crippen molar-refractivity contribution in [2.75, 3.05) is 20.8 Å². The zero-order chi connectivity index (χ0) is 21.5. The number of halogens is 4. The molecule has 0 radical (unpaired) electrons. The van der Waals surface area contributed by atoms with Crippen molar-refractivity contribution < 1.29 is 27.4 Å². The van der Waals surface area contributed by atoms with Gasteiger partial charge in [0.05, 0.1) is 37.7 Å². The van der Waals surface area contributed by atoms with Gasteiger partial charge in [-0.1, -0.05) is 18.2 Å². The molecule has 0 aromatic heterocycles. The maximum absolute atomic E-state index is 13.7. The molecule has 2 heterocycles. The van der Waals surface area contributed by atoms with Crippen molar-refractivity contribution in [2.24, 2.45) is 10.7 Å². The first-order valence-corrected chi connectivity index (χ1v) is 9.22. The van der Waals surface area contributed by atoms with Crippen LogP contribution in [-0.2, 0) is 6.18 Å². The topological polar surface area (TPSA) is 78.1 Å². The van der Waals surface area contributed by atoms with Crippen LogP contribution in [0.5, 0.6) is 17.2 Å². The Kier molecular flexibility index (Phi) is 6.26. The highest BCUT2D eigenvalue weighted by molar-refractivity contribution is 5.94. The van der Waals surface area contributed by atoms with Crippen molar-refractivity contribution in [2.45, 2.75) is 18.6 Å². The number of benzene rings is 2. The Bertz CT molecular complexity index is 1050. The molecule has 0 aliphatic carbocycles. The molecule has 0 amide bonds. The van der Waals surface area contributed by atoms with Crippen LogP contribution in [0.1, 0.15) is 29.2 Å². The predicted molar refractivity (Wildman–Crippen MR) is 113 cm³/mol. The van der Waals surface area contributed by atoms with E-state index in [1.54, 1.807) is 18.2 Å². The van der Waals surface area contributed by atoms with E-state index in [0.29, 0.717) is 40.5 Å². The number of rotatable bonds is 3. The molecular formula is C21H21ClF3N3O3. The van der Waals surface area contributed by atoms with Crippen LogP contribution in [0, 0.1) is 0 Å². The molecule has 10 heteroatoms. The lowest BCUT2D eigenvalue weighted by molar-refractivity contribution is -0.138. The molecule has 1 atom stereocenters. The Balaban J connectivity index is 0.00000272. The smallest absolute Gasteiger partial charge is 0.416 e. The number of aliphatic imine (C=N–C) groups is 1. The number of fused-ring (bicyclic) bond motifs is 2. The van der Waals surface area contributed by atoms with Gasteiger partial charge in [0, 0.05) is 18.6 Å². The molecule has 2 aromatic rings. The molecule has 2 aliphatic rings. The number of nitrogens with one attached hydrogen (secondary N) is 1. The molecule has 6 nitrogen and oxygen atoms in total. The lowest BCUT2D eigenvalue weighted by Gasteiger charge is -2.28. The Hall–Kier alpha value is -3.07. The van der Waals surface area contributed by atoms with Crippen molar-refractivity contribution in [3.63, 3.8) is 0 Å². The monoisotopic (exact) mass is 455 g/mol. The van der Waals surface area contributed by atoms with E-state index < -0.39 is 17.8 Å². The first-order valence-electron chi connectivity index (χ1n) is 9.22. The molecule has 3 N–H and O–H groups in total. The molecule has 2 aromatic carbocycles. The molecule has 2 aliphatic heterocycles. The average Bonchev–Trinajstić information content (AvgIpc) is 2.91. The van der Waals surface area contributed by atoms with Gasteiger partial charge in [-0.25, -0.2) is 4.99 Å². The zero-order valence-corrected chi connectivity index (χ0v) is 17.6. The van der Waals surface area contributed by atoms with Gasteiger partial charge >= 0.3 is 6.18 Å². The fraction of sp³-hybridized carbons (Fsp3) is 0.286. The van der Waals surface area contributed by atoms with Gasteiger partial charge in [0.15, 0.2) is 5.96 Å². The SMILES string of the molecule is COc1cc(OC)c2c(c1)OCCC1=C2NC(N)=NC1c1ccccc1C(F)(F)F.Cl. The Morgan fingerprint density at radius 3 is 2.58 bits per heavy atom. The number of guanidine groups is 1. The molecular weight excluding hydrogens is 435 g/mol. The summed E-state index contributed by atoms with van der Waals surface area (Å²) in [5.74, 6) is 1.48. The largest absolute Gasteiger partial charge is 0.496 e. The molecule has 0 saturated carbocycles. The molecule has 31 heavy (non-hydrogen) atoms. The molecule has 4 rings (SSSR count). The number of nitrogens with zero attached hydrogens (tertiary/aromatic N) is 1. The van der Waals surface area contributed by atoms with Crippen LogP contribution in [0.3, 0.4) is 0 Å². The standard InChI is InChI=1S/C21H20F3N3O3.ClH/c1-28-11-9-15(29-2)17-16(10-11)30-8-7-13-18(26-20(25)27-19(13)17)12-5-3-4-6-14(12)21(22,23)24;/h3-6,9-10,18H,7-8H2,1-2H3,(H3,25,26,27);1H. The van der Waals surface area contributed by atoms with Gasteiger partial charge in [0.25, 0.3) is 0 Å². The second kappa shape index (κ2) is 8.58. The fourth-order valence-corrected chi connectivity index (χ4v) is 3.81. The summed E-state index contributed by atoms with van der Waals surface area (Å²) in [5, 5.41) is 3.01. The van der Waals surface area contributed by atoms with Crippen molar-refractivity contribution in [1.82, 2.24) is 5.32 Å². The maximum atomic E-state index is 13.7. The summed E-state index contributed by atoms with van der Waals surface area (Å²) in [5.41, 5.74) is 7.05. The Labute approximate surface area is 183 Å². The third kappa shape index (κ3) is 4.10. The van der Waals surface area contributed by atoms with Crippen molar-refractivity contribution >= 4 is 24.1 Å². The van der Waals surface area contributed by atoms with Gasteiger partial charge in [-0.3, -0.25) is 0 Å². The van der Waals surface area contributed by atoms with Gasteiger partial charge in [-0.05, 0) is 17.2 Å². The highest BCUT2D eigenvalue weighted by atomic mass is 35.5. The fourth-order valence-electron chi connectivity index (χ4n) is 3.81. The van der Waals surface area contributed by atoms with Gasteiger partial charge in [-0.15, -0.1) is 12.4 Å². The molecule has 0 saturated heterocycles. The van der Waals surface area contributed by atoms with E-state index in [4.69, 9.17) is 19.9 Å². The van der Waals surface area contributed by atoms with Crippen LogP contribution in [-0.4, -0.2) is 26.8 Å². The van der Waals surface area contributed by atoms with Crippen LogP contribution in [0.25, 0.3) is 5.70 Å². The van der Waals surface area contributed by atoms with Crippen LogP contribution < -0.4 is 25.3 Å². The summed E-state index contributed by atoms with van der Waals surface area (Å²) >= 11 is 0. The van der Waals surface area contributed by atoms with Crippen molar-refractivity contribution in [3.8, 4) is 17.2 Å². The average molecular weight is 456 g/mol. The zero-order valence-electron chi connectivity index (χ0n) is 16.7. The minimum absolute atomic E-state index is 0. The number of hydrogen-bond donors (Lipinski definition) is 2. The molecule has 166 valence electrons. The second-order valence-corrected chi connectivity index (χ2v) is 6.83. The van der Waals surface area contributed by atoms with Crippen molar-refractivity contribution in [3.05, 3.63) is 58.7 Å². The number of nitrogens with two attached hydrogens (primary N) is 1. The lowest BCUT2D eigenvalue weighted by Crippen LogP contribution is -2.36. The van der Waals surface area contributed by atoms with Gasteiger partial charge < -0.3 is 25.3 Å². The van der Waals surface area contributed by atoms with E-state index in [2.05, 4.69) is 10.3 Å². The molecule has 0 bridgehead atoms. The predicted octanol–water partition coefficient (Wildman–Crippen LogP) is 4.30. The molecule has 0 fully saturated rings. The summed E-state index contributed by atoms with van der Waals surface area (Å²) in [7, 11) is 3.02. The highest BCUT2D eigenvalue weighted by Crippen LogP contribution is 2.47. The van der Waals surface area contributed by atoms with E-state index >= 15 is 0 Å². The Morgan fingerprint density at radius 2 is 1.90 bits per heavy atom. The number of alkyl halides is 3. The van der Waals surface area contributed by atoms with E-state index in [0.717, 1.165) is 6.07 Å². The third-order valence-electron chi connectivity index (χ3n) is 5.11. The molecule has 1 unspecified atom stereocenters. The van der Waals surface area contributed by atoms with E-state index in [1.165, 1.54) is 26.4 Å². The summed E-state index contributed by atoms with van der Waals surface area (Å²) in [6.45, 7) is 0.254. The van der Waals surface area contributed by atoms with Crippen molar-refractivity contribution in [1.29, 1.82) is 0 Å². The third-order valence-corrected chi connectivity index (χ3v) is 5.11. The summed E-state index contributed by atoms with van der Waals surface area (Å²) in [6, 6.07) is 7.88. The van der Waals surface area contributed by atoms with Crippen LogP contribution >= 0.6 is 12.4 Å². The van der Waals surface area contributed by atoms with Crippen LogP contribution in [0.2, 0.25) is 0 Å². The summed E-state index contributed by atoms with van der Waals surface area (Å²) < 4.78 is 57.7. The minimum Gasteiger partial charge on any atom is -0.496 e. The second-order valence-electron chi connectivity index (χ2n) is 6.83.